The number of unbranched alkanes of at least 4 members (excludes halogenated alkanes) is 2. The third-order valence-electron chi connectivity index (χ3n) is 5.78. The molecule has 0 bridgehead atoms. The first-order valence-corrected chi connectivity index (χ1v) is 11.6. The second kappa shape index (κ2) is 9.43. The van der Waals surface area contributed by atoms with Crippen LogP contribution in [0.25, 0.3) is 16.6 Å². The Labute approximate surface area is 206 Å². The first kappa shape index (κ1) is 24.9. The highest BCUT2D eigenvalue weighted by Crippen LogP contribution is 2.48. The summed E-state index contributed by atoms with van der Waals surface area (Å²) >= 11 is 3.07. The van der Waals surface area contributed by atoms with Crippen LogP contribution < -0.4 is 0 Å². The van der Waals surface area contributed by atoms with Crippen LogP contribution in [0.4, 0.5) is 17.6 Å². The molecule has 0 saturated heterocycles. The number of nitriles is 1. The number of hydrogen-bond donors (Lipinski definition) is 1. The largest absolute Gasteiger partial charge is 0.427 e. The van der Waals surface area contributed by atoms with E-state index in [4.69, 9.17) is 0 Å². The number of alkyl halides is 3. The third-order valence-corrected chi connectivity index (χ3v) is 6.54. The van der Waals surface area contributed by atoms with Gasteiger partial charge in [-0.15, -0.1) is 0 Å². The minimum absolute atomic E-state index is 0.104. The molecular weight excluding hydrogens is 530 g/mol. The molecular formula is C24H20BrF4N5O. The lowest BCUT2D eigenvalue weighted by Crippen LogP contribution is -2.45. The van der Waals surface area contributed by atoms with Crippen LogP contribution >= 0.6 is 15.9 Å². The van der Waals surface area contributed by atoms with Crippen LogP contribution in [0, 0.1) is 17.1 Å². The van der Waals surface area contributed by atoms with Crippen molar-refractivity contribution < 1.29 is 22.7 Å². The van der Waals surface area contributed by atoms with E-state index in [0.29, 0.717) is 23.0 Å². The van der Waals surface area contributed by atoms with E-state index in [2.05, 4.69) is 26.1 Å². The molecule has 0 amide bonds. The van der Waals surface area contributed by atoms with Crippen LogP contribution in [-0.2, 0) is 12.1 Å². The summed E-state index contributed by atoms with van der Waals surface area (Å²) in [5.41, 5.74) is -3.70. The van der Waals surface area contributed by atoms with Crippen LogP contribution in [0.2, 0.25) is 0 Å². The zero-order valence-corrected chi connectivity index (χ0v) is 20.1. The van der Waals surface area contributed by atoms with Gasteiger partial charge >= 0.3 is 6.18 Å². The van der Waals surface area contributed by atoms with Crippen LogP contribution in [0.3, 0.4) is 0 Å². The molecule has 4 aromatic rings. The molecule has 1 N–H and O–H groups in total. The lowest BCUT2D eigenvalue weighted by Gasteiger charge is -2.32. The van der Waals surface area contributed by atoms with Crippen molar-refractivity contribution in [2.75, 3.05) is 0 Å². The average molecular weight is 550 g/mol. The number of aryl methyl sites for hydroxylation is 1. The standard InChI is InChI=1S/C24H20BrF4N5O/c1-2-3-4-11-33-22(21(25)19(13-30)32-33)23(35,24(27,28)29)16-5-10-20-15(12-16)14-31-34(20)18-8-6-17(26)7-9-18/h5-10,12,14,35H,2-4,11H2,1H3. The predicted molar refractivity (Wildman–Crippen MR) is 124 cm³/mol. The molecule has 0 aliphatic carbocycles. The second-order valence-corrected chi connectivity index (χ2v) is 8.86. The third kappa shape index (κ3) is 4.32. The SMILES string of the molecule is CCCCCn1nc(C#N)c(Br)c1C(O)(c1ccc2c(cnn2-c2ccc(F)cc2)c1)C(F)(F)F. The van der Waals surface area contributed by atoms with Gasteiger partial charge in [-0.2, -0.15) is 28.6 Å². The smallest absolute Gasteiger partial charge is 0.371 e. The van der Waals surface area contributed by atoms with Gasteiger partial charge in [0.2, 0.25) is 5.60 Å². The number of benzene rings is 2. The monoisotopic (exact) mass is 549 g/mol. The van der Waals surface area contributed by atoms with Crippen LogP contribution in [0.5, 0.6) is 0 Å². The van der Waals surface area contributed by atoms with Crippen molar-refractivity contribution >= 4 is 26.8 Å². The maximum absolute atomic E-state index is 14.6. The summed E-state index contributed by atoms with van der Waals surface area (Å²) < 4.78 is 59.4. The van der Waals surface area contributed by atoms with Gasteiger partial charge in [0.1, 0.15) is 11.9 Å². The lowest BCUT2D eigenvalue weighted by molar-refractivity contribution is -0.251. The number of nitrogens with zero attached hydrogens (tertiary/aromatic N) is 5. The molecule has 1 atom stereocenters. The molecule has 2 heterocycles. The van der Waals surface area contributed by atoms with E-state index in [9.17, 15) is 27.9 Å². The van der Waals surface area contributed by atoms with Crippen LogP contribution in [-0.4, -0.2) is 30.8 Å². The molecule has 35 heavy (non-hydrogen) atoms. The van der Waals surface area contributed by atoms with E-state index in [0.717, 1.165) is 17.5 Å². The van der Waals surface area contributed by atoms with Crippen molar-refractivity contribution in [2.24, 2.45) is 0 Å². The molecule has 0 aliphatic heterocycles. The quantitative estimate of drug-likeness (QED) is 0.227. The Bertz CT molecular complexity index is 1400. The topological polar surface area (TPSA) is 79.7 Å². The Morgan fingerprint density at radius 3 is 2.46 bits per heavy atom. The number of aliphatic hydroxyl groups is 1. The summed E-state index contributed by atoms with van der Waals surface area (Å²) in [6, 6.07) is 11.1. The maximum atomic E-state index is 14.6. The Hall–Kier alpha value is -3.23. The van der Waals surface area contributed by atoms with Gasteiger partial charge in [0, 0.05) is 11.9 Å². The molecule has 6 nitrogen and oxygen atoms in total. The average Bonchev–Trinajstić information content (AvgIpc) is 3.39. The maximum Gasteiger partial charge on any atom is 0.427 e. The van der Waals surface area contributed by atoms with Crippen molar-refractivity contribution in [1.82, 2.24) is 19.6 Å². The van der Waals surface area contributed by atoms with Gasteiger partial charge in [-0.1, -0.05) is 25.8 Å². The number of fused-ring (bicyclic) bond motifs is 1. The summed E-state index contributed by atoms with van der Waals surface area (Å²) in [4.78, 5) is 0. The van der Waals surface area contributed by atoms with Gasteiger partial charge in [-0.25, -0.2) is 9.07 Å². The predicted octanol–water partition coefficient (Wildman–Crippen LogP) is 5.98. The highest BCUT2D eigenvalue weighted by molar-refractivity contribution is 9.10. The molecule has 0 radical (unpaired) electrons. The molecule has 0 spiro atoms. The van der Waals surface area contributed by atoms with E-state index in [1.54, 1.807) is 6.07 Å². The lowest BCUT2D eigenvalue weighted by atomic mass is 9.88. The van der Waals surface area contributed by atoms with Gasteiger partial charge in [0.15, 0.2) is 5.69 Å². The molecule has 2 aromatic carbocycles. The molecule has 182 valence electrons. The van der Waals surface area contributed by atoms with E-state index in [1.807, 2.05) is 6.92 Å². The Morgan fingerprint density at radius 1 is 1.11 bits per heavy atom. The van der Waals surface area contributed by atoms with Crippen molar-refractivity contribution in [3.63, 3.8) is 0 Å². The minimum Gasteiger partial charge on any atom is -0.371 e. The highest BCUT2D eigenvalue weighted by Gasteiger charge is 2.59. The molecule has 4 rings (SSSR count). The zero-order valence-electron chi connectivity index (χ0n) is 18.5. The molecule has 0 fully saturated rings. The molecule has 1 unspecified atom stereocenters. The minimum atomic E-state index is -5.13. The van der Waals surface area contributed by atoms with Crippen molar-refractivity contribution in [3.05, 3.63) is 75.9 Å². The van der Waals surface area contributed by atoms with E-state index in [1.165, 1.54) is 53.3 Å². The van der Waals surface area contributed by atoms with E-state index < -0.39 is 28.9 Å². The molecule has 2 aromatic heterocycles. The van der Waals surface area contributed by atoms with Crippen molar-refractivity contribution in [3.8, 4) is 11.8 Å². The molecule has 0 aliphatic rings. The van der Waals surface area contributed by atoms with Crippen LogP contribution in [0.15, 0.2) is 53.1 Å². The number of aromatic nitrogens is 4. The van der Waals surface area contributed by atoms with Gasteiger partial charge in [-0.05, 0) is 64.3 Å². The first-order chi connectivity index (χ1) is 16.6. The summed E-state index contributed by atoms with van der Waals surface area (Å²) in [5.74, 6) is -0.430. The van der Waals surface area contributed by atoms with Crippen LogP contribution in [0.1, 0.15) is 43.1 Å². The second-order valence-electron chi connectivity index (χ2n) is 8.07. The Balaban J connectivity index is 1.88. The Kier molecular flexibility index (Phi) is 6.71. The van der Waals surface area contributed by atoms with Gasteiger partial charge < -0.3 is 5.11 Å². The number of rotatable bonds is 7. The van der Waals surface area contributed by atoms with Gasteiger partial charge in [0.05, 0.1) is 27.6 Å². The summed E-state index contributed by atoms with van der Waals surface area (Å²) in [6.07, 6.45) is -1.66. The fourth-order valence-electron chi connectivity index (χ4n) is 4.01. The fraction of sp³-hybridized carbons (Fsp3) is 0.292. The molecule has 11 heteroatoms. The number of halogens is 5. The van der Waals surface area contributed by atoms with Gasteiger partial charge in [0.25, 0.3) is 0 Å². The fourth-order valence-corrected chi connectivity index (χ4v) is 4.67. The van der Waals surface area contributed by atoms with Crippen molar-refractivity contribution in [2.45, 2.75) is 44.5 Å². The summed E-state index contributed by atoms with van der Waals surface area (Å²) in [6.45, 7) is 2.06. The van der Waals surface area contributed by atoms with Crippen molar-refractivity contribution in [1.29, 1.82) is 5.26 Å². The normalized spacial score (nSPS) is 13.7. The number of hydrogen-bond acceptors (Lipinski definition) is 4. The first-order valence-electron chi connectivity index (χ1n) is 10.8. The summed E-state index contributed by atoms with van der Waals surface area (Å²) in [7, 11) is 0. The van der Waals surface area contributed by atoms with E-state index in [-0.39, 0.29) is 16.7 Å². The zero-order chi connectivity index (χ0) is 25.4. The Morgan fingerprint density at radius 2 is 1.83 bits per heavy atom. The molecule has 0 saturated carbocycles. The highest BCUT2D eigenvalue weighted by atomic mass is 79.9. The summed E-state index contributed by atoms with van der Waals surface area (Å²) in [5, 5.41) is 29.3. The van der Waals surface area contributed by atoms with Gasteiger partial charge in [-0.3, -0.25) is 4.68 Å². The van der Waals surface area contributed by atoms with E-state index >= 15 is 0 Å².